The van der Waals surface area contributed by atoms with Crippen LogP contribution in [0.2, 0.25) is 0 Å². The van der Waals surface area contributed by atoms with E-state index in [1.54, 1.807) is 12.3 Å². The highest BCUT2D eigenvalue weighted by Gasteiger charge is 2.27. The van der Waals surface area contributed by atoms with Gasteiger partial charge in [0.05, 0.1) is 6.20 Å². The summed E-state index contributed by atoms with van der Waals surface area (Å²) in [5.74, 6) is 0.106. The average molecular weight is 360 g/mol. The van der Waals surface area contributed by atoms with Crippen molar-refractivity contribution in [3.05, 3.63) is 23.5 Å². The summed E-state index contributed by atoms with van der Waals surface area (Å²) in [5, 5.41) is 4.21. The van der Waals surface area contributed by atoms with Crippen LogP contribution in [-0.4, -0.2) is 81.7 Å². The van der Waals surface area contributed by atoms with Crippen LogP contribution in [-0.2, 0) is 11.8 Å². The Labute approximate surface area is 157 Å². The Hall–Kier alpha value is -1.66. The van der Waals surface area contributed by atoms with E-state index in [1.807, 2.05) is 29.6 Å². The molecule has 2 atom stereocenters. The SMILES string of the molecule is Cc1c(/C=C/C(=O)N2CCN(CCN3C(C)CCC3C)CC2)cnn1C. The zero-order valence-corrected chi connectivity index (χ0v) is 16.7. The van der Waals surface area contributed by atoms with Crippen molar-refractivity contribution in [2.24, 2.45) is 7.05 Å². The first-order valence-electron chi connectivity index (χ1n) is 9.89. The zero-order chi connectivity index (χ0) is 18.7. The molecule has 0 spiro atoms. The minimum atomic E-state index is 0.106. The zero-order valence-electron chi connectivity index (χ0n) is 16.7. The van der Waals surface area contributed by atoms with Crippen LogP contribution in [0, 0.1) is 6.92 Å². The molecule has 3 rings (SSSR count). The van der Waals surface area contributed by atoms with Gasteiger partial charge in [-0.25, -0.2) is 0 Å². The molecule has 1 aromatic rings. The summed E-state index contributed by atoms with van der Waals surface area (Å²) in [6.07, 6.45) is 8.02. The van der Waals surface area contributed by atoms with Gasteiger partial charge in [0.2, 0.25) is 5.91 Å². The van der Waals surface area contributed by atoms with Gasteiger partial charge in [0.1, 0.15) is 0 Å². The van der Waals surface area contributed by atoms with Gasteiger partial charge in [-0.1, -0.05) is 0 Å². The van der Waals surface area contributed by atoms with Gasteiger partial charge < -0.3 is 4.90 Å². The minimum absolute atomic E-state index is 0.106. The summed E-state index contributed by atoms with van der Waals surface area (Å²) in [6.45, 7) is 12.5. The van der Waals surface area contributed by atoms with Crippen molar-refractivity contribution < 1.29 is 4.79 Å². The first-order valence-corrected chi connectivity index (χ1v) is 9.89. The fourth-order valence-electron chi connectivity index (χ4n) is 4.08. The molecule has 2 fully saturated rings. The van der Waals surface area contributed by atoms with E-state index >= 15 is 0 Å². The molecule has 26 heavy (non-hydrogen) atoms. The molecule has 6 nitrogen and oxygen atoms in total. The predicted molar refractivity (Wildman–Crippen MR) is 105 cm³/mol. The Morgan fingerprint density at radius 1 is 1.15 bits per heavy atom. The number of hydrogen-bond donors (Lipinski definition) is 0. The molecule has 0 bridgehead atoms. The Kier molecular flexibility index (Phi) is 6.14. The number of nitrogens with zero attached hydrogens (tertiary/aromatic N) is 5. The van der Waals surface area contributed by atoms with Gasteiger partial charge in [0.15, 0.2) is 0 Å². The van der Waals surface area contributed by atoms with Crippen molar-refractivity contribution in [2.75, 3.05) is 39.3 Å². The molecule has 3 heterocycles. The van der Waals surface area contributed by atoms with Gasteiger partial charge in [-0.05, 0) is 39.7 Å². The van der Waals surface area contributed by atoms with Gasteiger partial charge in [0, 0.05) is 75.7 Å². The largest absolute Gasteiger partial charge is 0.337 e. The van der Waals surface area contributed by atoms with Crippen LogP contribution >= 0.6 is 0 Å². The fraction of sp³-hybridized carbons (Fsp3) is 0.700. The Bertz CT molecular complexity index is 635. The van der Waals surface area contributed by atoms with E-state index in [-0.39, 0.29) is 5.91 Å². The molecule has 6 heteroatoms. The lowest BCUT2D eigenvalue weighted by atomic mass is 10.2. The van der Waals surface area contributed by atoms with Crippen LogP contribution in [0.25, 0.3) is 6.08 Å². The molecule has 2 aliphatic heterocycles. The summed E-state index contributed by atoms with van der Waals surface area (Å²) in [6, 6.07) is 1.43. The summed E-state index contributed by atoms with van der Waals surface area (Å²) in [5.41, 5.74) is 2.08. The van der Waals surface area contributed by atoms with Crippen LogP contribution in [0.3, 0.4) is 0 Å². The number of rotatable bonds is 5. The number of amides is 1. The monoisotopic (exact) mass is 359 g/mol. The van der Waals surface area contributed by atoms with Crippen LogP contribution in [0.4, 0.5) is 0 Å². The Balaban J connectivity index is 1.43. The summed E-state index contributed by atoms with van der Waals surface area (Å²) < 4.78 is 1.82. The maximum absolute atomic E-state index is 12.4. The highest BCUT2D eigenvalue weighted by Crippen LogP contribution is 2.22. The van der Waals surface area contributed by atoms with Crippen molar-refractivity contribution in [2.45, 2.75) is 45.7 Å². The molecular weight excluding hydrogens is 326 g/mol. The molecule has 0 N–H and O–H groups in total. The number of aryl methyl sites for hydroxylation is 1. The summed E-state index contributed by atoms with van der Waals surface area (Å²) in [4.78, 5) is 19.5. The van der Waals surface area contributed by atoms with Gasteiger partial charge in [-0.15, -0.1) is 0 Å². The maximum Gasteiger partial charge on any atom is 0.246 e. The van der Waals surface area contributed by atoms with E-state index in [9.17, 15) is 4.79 Å². The first-order chi connectivity index (χ1) is 12.5. The molecule has 0 aliphatic carbocycles. The highest BCUT2D eigenvalue weighted by atomic mass is 16.2. The van der Waals surface area contributed by atoms with E-state index < -0.39 is 0 Å². The molecule has 0 aromatic carbocycles. The molecule has 1 aromatic heterocycles. The van der Waals surface area contributed by atoms with E-state index in [4.69, 9.17) is 0 Å². The number of piperazine rings is 1. The number of likely N-dealkylation sites (tertiary alicyclic amines) is 1. The van der Waals surface area contributed by atoms with Crippen LogP contribution in [0.5, 0.6) is 0 Å². The van der Waals surface area contributed by atoms with E-state index in [2.05, 4.69) is 28.7 Å². The van der Waals surface area contributed by atoms with Gasteiger partial charge in [-0.3, -0.25) is 19.3 Å². The number of aromatic nitrogens is 2. The lowest BCUT2D eigenvalue weighted by Crippen LogP contribution is -2.50. The third-order valence-corrected chi connectivity index (χ3v) is 6.17. The van der Waals surface area contributed by atoms with Crippen LogP contribution in [0.15, 0.2) is 12.3 Å². The Morgan fingerprint density at radius 2 is 1.81 bits per heavy atom. The average Bonchev–Trinajstić information content (AvgIpc) is 3.13. The highest BCUT2D eigenvalue weighted by molar-refractivity contribution is 5.91. The molecule has 2 saturated heterocycles. The lowest BCUT2D eigenvalue weighted by molar-refractivity contribution is -0.127. The van der Waals surface area contributed by atoms with Crippen molar-refractivity contribution in [1.29, 1.82) is 0 Å². The molecule has 2 unspecified atom stereocenters. The van der Waals surface area contributed by atoms with Crippen LogP contribution in [0.1, 0.15) is 37.9 Å². The van der Waals surface area contributed by atoms with Gasteiger partial charge >= 0.3 is 0 Å². The maximum atomic E-state index is 12.4. The van der Waals surface area contributed by atoms with Gasteiger partial charge in [-0.2, -0.15) is 5.10 Å². The number of carbonyl (C=O) groups is 1. The third-order valence-electron chi connectivity index (χ3n) is 6.17. The van der Waals surface area contributed by atoms with Crippen LogP contribution < -0.4 is 0 Å². The molecule has 0 radical (unpaired) electrons. The molecule has 1 amide bonds. The lowest BCUT2D eigenvalue weighted by Gasteiger charge is -2.36. The van der Waals surface area contributed by atoms with E-state index in [0.717, 1.165) is 50.5 Å². The second-order valence-electron chi connectivity index (χ2n) is 7.82. The van der Waals surface area contributed by atoms with E-state index in [1.165, 1.54) is 12.8 Å². The van der Waals surface area contributed by atoms with Gasteiger partial charge in [0.25, 0.3) is 0 Å². The smallest absolute Gasteiger partial charge is 0.246 e. The second-order valence-corrected chi connectivity index (χ2v) is 7.82. The minimum Gasteiger partial charge on any atom is -0.337 e. The third kappa shape index (κ3) is 4.35. The standard InChI is InChI=1S/C20H33N5O/c1-16-5-6-17(2)25(16)14-11-23-9-12-24(13-10-23)20(26)8-7-19-15-21-22(4)18(19)3/h7-8,15-17H,5-6,9-14H2,1-4H3/b8-7+. The van der Waals surface area contributed by atoms with Crippen molar-refractivity contribution >= 4 is 12.0 Å². The summed E-state index contributed by atoms with van der Waals surface area (Å²) >= 11 is 0. The number of carbonyl (C=O) groups excluding carboxylic acids is 1. The Morgan fingerprint density at radius 3 is 2.38 bits per heavy atom. The molecule has 0 saturated carbocycles. The van der Waals surface area contributed by atoms with Crippen molar-refractivity contribution in [3.8, 4) is 0 Å². The predicted octanol–water partition coefficient (Wildman–Crippen LogP) is 1.76. The quantitative estimate of drug-likeness (QED) is 0.752. The van der Waals surface area contributed by atoms with Crippen molar-refractivity contribution in [1.82, 2.24) is 24.5 Å². The molecule has 144 valence electrons. The molecule has 2 aliphatic rings. The first kappa shape index (κ1) is 19.1. The fourth-order valence-corrected chi connectivity index (χ4v) is 4.08. The number of hydrogen-bond acceptors (Lipinski definition) is 4. The normalized spacial score (nSPS) is 25.5. The topological polar surface area (TPSA) is 44.6 Å². The van der Waals surface area contributed by atoms with E-state index in [0.29, 0.717) is 12.1 Å². The van der Waals surface area contributed by atoms with Crippen molar-refractivity contribution in [3.63, 3.8) is 0 Å². The molecular formula is C20H33N5O. The second kappa shape index (κ2) is 8.35. The summed E-state index contributed by atoms with van der Waals surface area (Å²) in [7, 11) is 1.91.